The molecule has 0 radical (unpaired) electrons. The number of halogens is 2. The Bertz CT molecular complexity index is 1140. The van der Waals surface area contributed by atoms with Crippen LogP contribution in [0.25, 0.3) is 11.5 Å². The maximum absolute atomic E-state index is 14.0. The molecule has 2 N–H and O–H groups in total. The van der Waals surface area contributed by atoms with Crippen molar-refractivity contribution in [3.63, 3.8) is 0 Å². The molecule has 0 unspecified atom stereocenters. The largest absolute Gasteiger partial charge is 0.334 e. The molecule has 1 aliphatic carbocycles. The number of hydrogen-bond acceptors (Lipinski definition) is 5. The quantitative estimate of drug-likeness (QED) is 0.715. The number of benzene rings is 2. The molecule has 1 aliphatic rings. The number of nitrogens with zero attached hydrogens (tertiary/aromatic N) is 2. The van der Waals surface area contributed by atoms with E-state index >= 15 is 0 Å². The van der Waals surface area contributed by atoms with Crippen LogP contribution in [-0.2, 0) is 10.0 Å². The molecule has 0 amide bonds. The number of nitrogens with two attached hydrogens (primary N) is 1. The highest BCUT2D eigenvalue weighted by molar-refractivity contribution is 7.89. The van der Waals surface area contributed by atoms with E-state index in [0.717, 1.165) is 17.7 Å². The van der Waals surface area contributed by atoms with E-state index < -0.39 is 21.7 Å². The molecule has 1 heterocycles. The molecule has 1 aromatic heterocycles. The lowest BCUT2D eigenvalue weighted by Crippen LogP contribution is -2.11. The summed E-state index contributed by atoms with van der Waals surface area (Å²) in [4.78, 5) is 4.25. The molecule has 4 rings (SSSR count). The second-order valence-corrected chi connectivity index (χ2v) is 9.01. The van der Waals surface area contributed by atoms with Crippen molar-refractivity contribution in [3.05, 3.63) is 65.5 Å². The fourth-order valence-electron chi connectivity index (χ4n) is 3.77. The number of hydrogen-bond donors (Lipinski definition) is 1. The number of primary sulfonamides is 1. The molecule has 0 bridgehead atoms. The predicted molar refractivity (Wildman–Crippen MR) is 96.7 cm³/mol. The average Bonchev–Trinajstić information content (AvgIpc) is 2.95. The van der Waals surface area contributed by atoms with Crippen LogP contribution in [0.4, 0.5) is 8.78 Å². The van der Waals surface area contributed by atoms with Crippen LogP contribution in [0.3, 0.4) is 0 Å². The monoisotopic (exact) mass is 405 g/mol. The Morgan fingerprint density at radius 3 is 2.21 bits per heavy atom. The first-order valence-corrected chi connectivity index (χ1v) is 10.1. The lowest BCUT2D eigenvalue weighted by molar-refractivity contribution is 0.414. The second-order valence-electron chi connectivity index (χ2n) is 7.45. The minimum absolute atomic E-state index is 0.00190. The molecule has 9 heteroatoms. The summed E-state index contributed by atoms with van der Waals surface area (Å²) in [5.41, 5.74) is 0.303. The van der Waals surface area contributed by atoms with Crippen molar-refractivity contribution < 1.29 is 21.7 Å². The normalized spacial score (nSPS) is 20.9. The summed E-state index contributed by atoms with van der Waals surface area (Å²) in [6.07, 6.45) is 0. The van der Waals surface area contributed by atoms with Gasteiger partial charge in [-0.05, 0) is 35.2 Å². The Labute approximate surface area is 160 Å². The van der Waals surface area contributed by atoms with Crippen molar-refractivity contribution in [2.24, 2.45) is 10.6 Å². The number of aromatic nitrogens is 2. The van der Waals surface area contributed by atoms with Gasteiger partial charge in [-0.1, -0.05) is 37.2 Å². The summed E-state index contributed by atoms with van der Waals surface area (Å²) in [6.45, 7) is 4.02. The van der Waals surface area contributed by atoms with Gasteiger partial charge in [0.05, 0.1) is 4.90 Å². The van der Waals surface area contributed by atoms with Gasteiger partial charge in [0.15, 0.2) is 5.82 Å². The Kier molecular flexibility index (Phi) is 4.13. The van der Waals surface area contributed by atoms with E-state index in [4.69, 9.17) is 9.66 Å². The first-order chi connectivity index (χ1) is 13.1. The molecule has 0 spiro atoms. The zero-order valence-electron chi connectivity index (χ0n) is 15.1. The second kappa shape index (κ2) is 6.18. The average molecular weight is 405 g/mol. The van der Waals surface area contributed by atoms with E-state index in [1.54, 1.807) is 12.1 Å². The van der Waals surface area contributed by atoms with E-state index in [1.807, 2.05) is 13.8 Å². The van der Waals surface area contributed by atoms with Crippen LogP contribution < -0.4 is 5.14 Å². The molecule has 0 aliphatic heterocycles. The maximum atomic E-state index is 14.0. The molecular formula is C19H17F2N3O3S. The van der Waals surface area contributed by atoms with Gasteiger partial charge in [-0.3, -0.25) is 0 Å². The zero-order valence-corrected chi connectivity index (χ0v) is 15.9. The van der Waals surface area contributed by atoms with Gasteiger partial charge in [-0.2, -0.15) is 4.98 Å². The number of rotatable bonds is 4. The molecular weight excluding hydrogens is 388 g/mol. The van der Waals surface area contributed by atoms with Crippen LogP contribution in [0.2, 0.25) is 0 Å². The third-order valence-electron chi connectivity index (χ3n) is 5.29. The highest BCUT2D eigenvalue weighted by atomic mass is 32.2. The lowest BCUT2D eigenvalue weighted by Gasteiger charge is -2.04. The summed E-state index contributed by atoms with van der Waals surface area (Å²) >= 11 is 0. The van der Waals surface area contributed by atoms with Crippen LogP contribution in [0, 0.1) is 17.0 Å². The summed E-state index contributed by atoms with van der Waals surface area (Å²) in [5.74, 6) is -1.56. The van der Waals surface area contributed by atoms with Crippen molar-refractivity contribution in [3.8, 4) is 11.5 Å². The lowest BCUT2D eigenvalue weighted by atomic mass is 10.0. The Balaban J connectivity index is 1.65. The number of sulfonamides is 1. The Morgan fingerprint density at radius 2 is 1.64 bits per heavy atom. The van der Waals surface area contributed by atoms with Gasteiger partial charge in [0.2, 0.25) is 10.0 Å². The first-order valence-electron chi connectivity index (χ1n) is 8.51. The van der Waals surface area contributed by atoms with Gasteiger partial charge >= 0.3 is 0 Å². The van der Waals surface area contributed by atoms with Crippen LogP contribution in [0.5, 0.6) is 0 Å². The van der Waals surface area contributed by atoms with Gasteiger partial charge in [-0.15, -0.1) is 0 Å². The SMILES string of the molecule is CC1(C)[C@@H](c2ccc(S(N)(=O)=O)cc2)[C@@H]1c1noc(-c2c(F)cccc2F)n1. The van der Waals surface area contributed by atoms with Crippen molar-refractivity contribution in [1.82, 2.24) is 10.1 Å². The standard InChI is InChI=1S/C19H17F2N3O3S/c1-19(2)15(10-6-8-11(9-7-10)28(22,25)26)16(19)17-23-18(27-24-17)14-12(20)4-3-5-13(14)21/h3-9,15-16H,1-2H3,(H2,22,25,26)/t15-,16+/m0/s1. The van der Waals surface area contributed by atoms with E-state index in [2.05, 4.69) is 10.1 Å². The Hall–Kier alpha value is -2.65. The third-order valence-corrected chi connectivity index (χ3v) is 6.22. The van der Waals surface area contributed by atoms with Gasteiger partial charge in [-0.25, -0.2) is 22.3 Å². The van der Waals surface area contributed by atoms with E-state index in [9.17, 15) is 17.2 Å². The third kappa shape index (κ3) is 3.00. The highest BCUT2D eigenvalue weighted by Gasteiger charge is 2.61. The van der Waals surface area contributed by atoms with Gasteiger partial charge in [0.25, 0.3) is 5.89 Å². The fourth-order valence-corrected chi connectivity index (χ4v) is 4.29. The molecule has 0 saturated heterocycles. The topological polar surface area (TPSA) is 99.1 Å². The summed E-state index contributed by atoms with van der Waals surface area (Å²) < 4.78 is 55.9. The van der Waals surface area contributed by atoms with E-state index in [0.29, 0.717) is 5.82 Å². The van der Waals surface area contributed by atoms with Crippen LogP contribution in [0.1, 0.15) is 37.1 Å². The van der Waals surface area contributed by atoms with E-state index in [-0.39, 0.29) is 33.6 Å². The summed E-state index contributed by atoms with van der Waals surface area (Å²) in [7, 11) is -3.77. The maximum Gasteiger partial charge on any atom is 0.263 e. The van der Waals surface area contributed by atoms with Crippen molar-refractivity contribution in [2.45, 2.75) is 30.6 Å². The molecule has 1 saturated carbocycles. The predicted octanol–water partition coefficient (Wildman–Crippen LogP) is 3.57. The molecule has 28 heavy (non-hydrogen) atoms. The van der Waals surface area contributed by atoms with Crippen LogP contribution >= 0.6 is 0 Å². The first kappa shape index (κ1) is 18.7. The van der Waals surface area contributed by atoms with E-state index in [1.165, 1.54) is 18.2 Å². The van der Waals surface area contributed by atoms with Gasteiger partial charge < -0.3 is 4.52 Å². The van der Waals surface area contributed by atoms with Crippen LogP contribution in [-0.4, -0.2) is 18.6 Å². The molecule has 146 valence electrons. The molecule has 3 aromatic rings. The minimum Gasteiger partial charge on any atom is -0.334 e. The fraction of sp³-hybridized carbons (Fsp3) is 0.263. The minimum atomic E-state index is -3.77. The van der Waals surface area contributed by atoms with Crippen molar-refractivity contribution >= 4 is 10.0 Å². The highest BCUT2D eigenvalue weighted by Crippen LogP contribution is 2.69. The smallest absolute Gasteiger partial charge is 0.263 e. The van der Waals surface area contributed by atoms with Gasteiger partial charge in [0.1, 0.15) is 17.2 Å². The van der Waals surface area contributed by atoms with Crippen molar-refractivity contribution in [1.29, 1.82) is 0 Å². The Morgan fingerprint density at radius 1 is 1.04 bits per heavy atom. The molecule has 1 fully saturated rings. The molecule has 2 aromatic carbocycles. The zero-order chi connectivity index (χ0) is 20.3. The molecule has 2 atom stereocenters. The van der Waals surface area contributed by atoms with Gasteiger partial charge in [0, 0.05) is 11.8 Å². The van der Waals surface area contributed by atoms with Crippen molar-refractivity contribution in [2.75, 3.05) is 0 Å². The molecule has 6 nitrogen and oxygen atoms in total. The summed E-state index contributed by atoms with van der Waals surface area (Å²) in [6, 6.07) is 9.81. The van der Waals surface area contributed by atoms with Crippen LogP contribution in [0.15, 0.2) is 51.9 Å². The summed E-state index contributed by atoms with van der Waals surface area (Å²) in [5, 5.41) is 9.06.